The fourth-order valence-electron chi connectivity index (χ4n) is 2.45. The zero-order valence-corrected chi connectivity index (χ0v) is 11.6. The number of carbonyl (C=O) groups is 1. The zero-order valence-electron chi connectivity index (χ0n) is 11.6. The first-order chi connectivity index (χ1) is 9.59. The highest BCUT2D eigenvalue weighted by Crippen LogP contribution is 2.27. The van der Waals surface area contributed by atoms with Crippen molar-refractivity contribution < 1.29 is 9.72 Å². The van der Waals surface area contributed by atoms with Crippen molar-refractivity contribution in [2.75, 3.05) is 25.0 Å². The molecule has 1 aromatic carbocycles. The van der Waals surface area contributed by atoms with Gasteiger partial charge in [0.2, 0.25) is 5.91 Å². The van der Waals surface area contributed by atoms with E-state index in [1.165, 1.54) is 6.07 Å². The SMILES string of the molecule is Cc1cccc([N+](=O)[O-])c1NCCC(=O)N1CCCC1. The van der Waals surface area contributed by atoms with Crippen LogP contribution in [-0.4, -0.2) is 35.4 Å². The van der Waals surface area contributed by atoms with E-state index in [0.717, 1.165) is 31.5 Å². The summed E-state index contributed by atoms with van der Waals surface area (Å²) in [6, 6.07) is 4.95. The van der Waals surface area contributed by atoms with Gasteiger partial charge in [-0.1, -0.05) is 12.1 Å². The van der Waals surface area contributed by atoms with E-state index in [9.17, 15) is 14.9 Å². The summed E-state index contributed by atoms with van der Waals surface area (Å²) in [6.45, 7) is 3.91. The molecule has 1 aromatic rings. The molecular weight excluding hydrogens is 258 g/mol. The van der Waals surface area contributed by atoms with Crippen molar-refractivity contribution in [3.8, 4) is 0 Å². The number of aryl methyl sites for hydroxylation is 1. The van der Waals surface area contributed by atoms with Crippen LogP contribution in [0.2, 0.25) is 0 Å². The van der Waals surface area contributed by atoms with E-state index in [-0.39, 0.29) is 11.6 Å². The third-order valence-corrected chi connectivity index (χ3v) is 3.55. The van der Waals surface area contributed by atoms with Crippen LogP contribution >= 0.6 is 0 Å². The Morgan fingerprint density at radius 1 is 1.40 bits per heavy atom. The second-order valence-corrected chi connectivity index (χ2v) is 4.99. The Morgan fingerprint density at radius 3 is 2.75 bits per heavy atom. The number of benzene rings is 1. The topological polar surface area (TPSA) is 75.5 Å². The van der Waals surface area contributed by atoms with Gasteiger partial charge in [0.05, 0.1) is 4.92 Å². The fourth-order valence-corrected chi connectivity index (χ4v) is 2.45. The number of carbonyl (C=O) groups excluding carboxylic acids is 1. The molecular formula is C14H19N3O3. The van der Waals surface area contributed by atoms with Gasteiger partial charge in [-0.2, -0.15) is 0 Å². The van der Waals surface area contributed by atoms with Crippen molar-refractivity contribution in [1.29, 1.82) is 0 Å². The normalized spacial score (nSPS) is 14.3. The van der Waals surface area contributed by atoms with E-state index in [1.807, 2.05) is 17.9 Å². The third-order valence-electron chi connectivity index (χ3n) is 3.55. The number of nitrogens with one attached hydrogen (secondary N) is 1. The lowest BCUT2D eigenvalue weighted by atomic mass is 10.1. The van der Waals surface area contributed by atoms with Gasteiger partial charge in [0, 0.05) is 32.1 Å². The van der Waals surface area contributed by atoms with Gasteiger partial charge in [0.1, 0.15) is 5.69 Å². The number of hydrogen-bond acceptors (Lipinski definition) is 4. The van der Waals surface area contributed by atoms with Crippen molar-refractivity contribution in [3.05, 3.63) is 33.9 Å². The number of amides is 1. The maximum Gasteiger partial charge on any atom is 0.292 e. The smallest absolute Gasteiger partial charge is 0.292 e. The van der Waals surface area contributed by atoms with E-state index in [1.54, 1.807) is 6.07 Å². The number of hydrogen-bond donors (Lipinski definition) is 1. The fraction of sp³-hybridized carbons (Fsp3) is 0.500. The van der Waals surface area contributed by atoms with E-state index in [2.05, 4.69) is 5.32 Å². The molecule has 1 heterocycles. The molecule has 2 rings (SSSR count). The Labute approximate surface area is 117 Å². The highest BCUT2D eigenvalue weighted by molar-refractivity contribution is 5.77. The lowest BCUT2D eigenvalue weighted by Crippen LogP contribution is -2.29. The van der Waals surface area contributed by atoms with Crippen LogP contribution in [0.1, 0.15) is 24.8 Å². The Kier molecular flexibility index (Phi) is 4.55. The summed E-state index contributed by atoms with van der Waals surface area (Å²) >= 11 is 0. The summed E-state index contributed by atoms with van der Waals surface area (Å²) in [4.78, 5) is 24.3. The molecule has 0 aromatic heterocycles. The van der Waals surface area contributed by atoms with Gasteiger partial charge in [-0.25, -0.2) is 0 Å². The van der Waals surface area contributed by atoms with Crippen LogP contribution in [-0.2, 0) is 4.79 Å². The summed E-state index contributed by atoms with van der Waals surface area (Å²) in [6.07, 6.45) is 2.51. The predicted molar refractivity (Wildman–Crippen MR) is 76.8 cm³/mol. The molecule has 1 aliphatic heterocycles. The molecule has 1 fully saturated rings. The van der Waals surface area contributed by atoms with Gasteiger partial charge in [-0.3, -0.25) is 14.9 Å². The molecule has 0 unspecified atom stereocenters. The standard InChI is InChI=1S/C14H19N3O3/c1-11-5-4-6-12(17(19)20)14(11)15-8-7-13(18)16-9-2-3-10-16/h4-6,15H,2-3,7-10H2,1H3. The number of nitro benzene ring substituents is 1. The Balaban J connectivity index is 1.93. The number of para-hydroxylation sites is 1. The van der Waals surface area contributed by atoms with E-state index < -0.39 is 4.92 Å². The van der Waals surface area contributed by atoms with Crippen molar-refractivity contribution in [1.82, 2.24) is 4.90 Å². The van der Waals surface area contributed by atoms with Crippen LogP contribution in [0.4, 0.5) is 11.4 Å². The number of nitro groups is 1. The first-order valence-corrected chi connectivity index (χ1v) is 6.85. The maximum absolute atomic E-state index is 11.9. The molecule has 1 aliphatic rings. The molecule has 0 radical (unpaired) electrons. The summed E-state index contributed by atoms with van der Waals surface area (Å²) in [5.41, 5.74) is 1.37. The summed E-state index contributed by atoms with van der Waals surface area (Å²) in [5, 5.41) is 14.0. The number of likely N-dealkylation sites (tertiary alicyclic amines) is 1. The molecule has 0 saturated carbocycles. The molecule has 0 bridgehead atoms. The minimum Gasteiger partial charge on any atom is -0.379 e. The Morgan fingerprint density at radius 2 is 2.10 bits per heavy atom. The monoisotopic (exact) mass is 277 g/mol. The summed E-state index contributed by atoms with van der Waals surface area (Å²) < 4.78 is 0. The highest BCUT2D eigenvalue weighted by Gasteiger charge is 2.18. The van der Waals surface area contributed by atoms with Crippen molar-refractivity contribution in [2.45, 2.75) is 26.2 Å². The predicted octanol–water partition coefficient (Wildman–Crippen LogP) is 2.33. The first kappa shape index (κ1) is 14.3. The van der Waals surface area contributed by atoms with E-state index in [0.29, 0.717) is 18.7 Å². The average Bonchev–Trinajstić information content (AvgIpc) is 2.94. The second kappa shape index (κ2) is 6.36. The molecule has 0 spiro atoms. The average molecular weight is 277 g/mol. The molecule has 108 valence electrons. The van der Waals surface area contributed by atoms with Gasteiger partial charge >= 0.3 is 0 Å². The quantitative estimate of drug-likeness (QED) is 0.662. The Hall–Kier alpha value is -2.11. The van der Waals surface area contributed by atoms with Gasteiger partial charge in [-0.05, 0) is 25.3 Å². The second-order valence-electron chi connectivity index (χ2n) is 4.99. The first-order valence-electron chi connectivity index (χ1n) is 6.85. The zero-order chi connectivity index (χ0) is 14.5. The van der Waals surface area contributed by atoms with Gasteiger partial charge in [0.15, 0.2) is 0 Å². The summed E-state index contributed by atoms with van der Waals surface area (Å²) in [7, 11) is 0. The van der Waals surface area contributed by atoms with Crippen LogP contribution in [0, 0.1) is 17.0 Å². The lowest BCUT2D eigenvalue weighted by Gasteiger charge is -2.16. The molecule has 6 heteroatoms. The molecule has 1 N–H and O–H groups in total. The van der Waals surface area contributed by atoms with Crippen LogP contribution in [0.5, 0.6) is 0 Å². The van der Waals surface area contributed by atoms with Crippen molar-refractivity contribution in [2.24, 2.45) is 0 Å². The maximum atomic E-state index is 11.9. The molecule has 1 saturated heterocycles. The van der Waals surface area contributed by atoms with Gasteiger partial charge in [-0.15, -0.1) is 0 Å². The minimum absolute atomic E-state index is 0.0543. The van der Waals surface area contributed by atoms with Crippen LogP contribution in [0.3, 0.4) is 0 Å². The third kappa shape index (κ3) is 3.26. The van der Waals surface area contributed by atoms with Crippen molar-refractivity contribution in [3.63, 3.8) is 0 Å². The number of rotatable bonds is 5. The summed E-state index contributed by atoms with van der Waals surface area (Å²) in [5.74, 6) is 0.117. The molecule has 0 aliphatic carbocycles. The van der Waals surface area contributed by atoms with Crippen LogP contribution < -0.4 is 5.32 Å². The van der Waals surface area contributed by atoms with E-state index >= 15 is 0 Å². The van der Waals surface area contributed by atoms with E-state index in [4.69, 9.17) is 0 Å². The van der Waals surface area contributed by atoms with Crippen LogP contribution in [0.15, 0.2) is 18.2 Å². The molecule has 0 atom stereocenters. The number of anilines is 1. The Bertz CT molecular complexity index is 510. The minimum atomic E-state index is -0.405. The highest BCUT2D eigenvalue weighted by atomic mass is 16.6. The molecule has 6 nitrogen and oxygen atoms in total. The van der Waals surface area contributed by atoms with Gasteiger partial charge < -0.3 is 10.2 Å². The molecule has 20 heavy (non-hydrogen) atoms. The largest absolute Gasteiger partial charge is 0.379 e. The van der Waals surface area contributed by atoms with Crippen LogP contribution in [0.25, 0.3) is 0 Å². The van der Waals surface area contributed by atoms with Crippen molar-refractivity contribution >= 4 is 17.3 Å². The van der Waals surface area contributed by atoms with Gasteiger partial charge in [0.25, 0.3) is 5.69 Å². The molecule has 1 amide bonds. The number of nitrogens with zero attached hydrogens (tertiary/aromatic N) is 2. The lowest BCUT2D eigenvalue weighted by molar-refractivity contribution is -0.384.